The van der Waals surface area contributed by atoms with Crippen LogP contribution in [0.3, 0.4) is 0 Å². The van der Waals surface area contributed by atoms with Crippen molar-refractivity contribution < 1.29 is 23.1 Å². The van der Waals surface area contributed by atoms with Crippen molar-refractivity contribution in [3.8, 4) is 16.9 Å². The number of ether oxygens (including phenoxy) is 1. The van der Waals surface area contributed by atoms with Gasteiger partial charge in [0.05, 0.1) is 4.90 Å². The number of rotatable bonds is 9. The first-order valence-electron chi connectivity index (χ1n) is 12.4. The van der Waals surface area contributed by atoms with Crippen LogP contribution in [-0.4, -0.2) is 37.4 Å². The summed E-state index contributed by atoms with van der Waals surface area (Å²) in [6.45, 7) is 2.47. The third kappa shape index (κ3) is 5.32. The molecule has 3 aromatic carbocycles. The molecule has 36 heavy (non-hydrogen) atoms. The lowest BCUT2D eigenvalue weighted by atomic mass is 9.97. The minimum Gasteiger partial charge on any atom is -0.508 e. The third-order valence-corrected chi connectivity index (χ3v) is 9.61. The summed E-state index contributed by atoms with van der Waals surface area (Å²) in [6, 6.07) is 20.8. The minimum atomic E-state index is -3.91. The van der Waals surface area contributed by atoms with E-state index in [4.69, 9.17) is 10.5 Å². The van der Waals surface area contributed by atoms with Crippen LogP contribution in [0.1, 0.15) is 42.9 Å². The molecule has 1 aliphatic rings. The SMILES string of the molecule is CCc1cc(O)cc(-c2cccc(CCCc3ccc(S(=O)(=O)C4(C(N)=O)CCOCC4)cc3)c2)c1. The van der Waals surface area contributed by atoms with Crippen LogP contribution in [0.25, 0.3) is 11.1 Å². The molecule has 0 atom stereocenters. The van der Waals surface area contributed by atoms with Gasteiger partial charge in [0.1, 0.15) is 5.75 Å². The van der Waals surface area contributed by atoms with Crippen molar-refractivity contribution in [2.45, 2.75) is 55.1 Å². The number of carbonyl (C=O) groups is 1. The highest BCUT2D eigenvalue weighted by Gasteiger charge is 2.51. The Hall–Kier alpha value is -3.16. The Bertz CT molecular complexity index is 1330. The summed E-state index contributed by atoms with van der Waals surface area (Å²) in [5.74, 6) is -0.535. The maximum Gasteiger partial charge on any atom is 0.239 e. The molecule has 1 amide bonds. The smallest absolute Gasteiger partial charge is 0.239 e. The molecule has 3 N–H and O–H groups in total. The summed E-state index contributed by atoms with van der Waals surface area (Å²) in [7, 11) is -3.91. The largest absolute Gasteiger partial charge is 0.508 e. The zero-order valence-electron chi connectivity index (χ0n) is 20.6. The van der Waals surface area contributed by atoms with Crippen molar-refractivity contribution in [2.24, 2.45) is 5.73 Å². The first-order valence-corrected chi connectivity index (χ1v) is 13.9. The van der Waals surface area contributed by atoms with E-state index in [0.717, 1.165) is 47.9 Å². The monoisotopic (exact) mass is 507 g/mol. The number of amides is 1. The van der Waals surface area contributed by atoms with Crippen molar-refractivity contribution in [3.63, 3.8) is 0 Å². The standard InChI is InChI=1S/C29H33NO5S/c1-2-21-17-25(20-26(31)19-21)24-8-4-7-23(18-24)6-3-5-22-9-11-27(12-10-22)36(33,34)29(28(30)32)13-15-35-16-14-29/h4,7-12,17-20,31H,2-3,5-6,13-16H2,1H3,(H2,30,32). The number of phenols is 1. The second kappa shape index (κ2) is 10.8. The second-order valence-electron chi connectivity index (χ2n) is 9.41. The number of nitrogens with two attached hydrogens (primary N) is 1. The summed E-state index contributed by atoms with van der Waals surface area (Å²) in [5.41, 5.74) is 11.0. The van der Waals surface area contributed by atoms with Crippen LogP contribution in [0.5, 0.6) is 5.75 Å². The average molecular weight is 508 g/mol. The topological polar surface area (TPSA) is 107 Å². The number of aryl methyl sites for hydroxylation is 3. The van der Waals surface area contributed by atoms with Crippen molar-refractivity contribution in [1.82, 2.24) is 0 Å². The maximum absolute atomic E-state index is 13.3. The normalized spacial score (nSPS) is 15.5. The van der Waals surface area contributed by atoms with Gasteiger partial charge in [0.25, 0.3) is 0 Å². The van der Waals surface area contributed by atoms with Crippen LogP contribution in [-0.2, 0) is 38.6 Å². The van der Waals surface area contributed by atoms with Crippen molar-refractivity contribution >= 4 is 15.7 Å². The van der Waals surface area contributed by atoms with E-state index in [0.29, 0.717) is 0 Å². The molecule has 1 aliphatic heterocycles. The van der Waals surface area contributed by atoms with E-state index in [1.165, 1.54) is 5.56 Å². The van der Waals surface area contributed by atoms with Gasteiger partial charge in [-0.3, -0.25) is 4.79 Å². The molecule has 4 rings (SSSR count). The molecular formula is C29H33NO5S. The molecule has 0 unspecified atom stereocenters. The number of benzene rings is 3. The van der Waals surface area contributed by atoms with E-state index in [1.54, 1.807) is 24.3 Å². The van der Waals surface area contributed by atoms with Gasteiger partial charge in [0.2, 0.25) is 5.91 Å². The molecule has 3 aromatic rings. The predicted octanol–water partition coefficient (Wildman–Crippen LogP) is 4.61. The van der Waals surface area contributed by atoms with E-state index in [9.17, 15) is 18.3 Å². The number of carbonyl (C=O) groups excluding carboxylic acids is 1. The van der Waals surface area contributed by atoms with Gasteiger partial charge in [-0.2, -0.15) is 0 Å². The molecule has 0 saturated carbocycles. The molecule has 0 bridgehead atoms. The molecule has 1 saturated heterocycles. The molecule has 0 aromatic heterocycles. The zero-order chi connectivity index (χ0) is 25.8. The number of primary amides is 1. The Morgan fingerprint density at radius 3 is 2.25 bits per heavy atom. The fourth-order valence-corrected chi connectivity index (χ4v) is 6.77. The Balaban J connectivity index is 1.42. The van der Waals surface area contributed by atoms with Crippen LogP contribution < -0.4 is 5.73 Å². The molecule has 0 aliphatic carbocycles. The molecule has 6 nitrogen and oxygen atoms in total. The molecule has 1 fully saturated rings. The van der Waals surface area contributed by atoms with Crippen molar-refractivity contribution in [2.75, 3.05) is 13.2 Å². The predicted molar refractivity (Wildman–Crippen MR) is 141 cm³/mol. The van der Waals surface area contributed by atoms with E-state index in [2.05, 4.69) is 25.1 Å². The number of hydrogen-bond donors (Lipinski definition) is 2. The number of sulfone groups is 1. The van der Waals surface area contributed by atoms with Crippen LogP contribution in [0.2, 0.25) is 0 Å². The van der Waals surface area contributed by atoms with E-state index in [1.807, 2.05) is 24.3 Å². The highest BCUT2D eigenvalue weighted by molar-refractivity contribution is 7.93. The first-order chi connectivity index (χ1) is 17.2. The lowest BCUT2D eigenvalue weighted by Crippen LogP contribution is -2.53. The highest BCUT2D eigenvalue weighted by atomic mass is 32.2. The van der Waals surface area contributed by atoms with Crippen molar-refractivity contribution in [3.05, 3.63) is 83.4 Å². The number of hydrogen-bond acceptors (Lipinski definition) is 5. The molecule has 0 spiro atoms. The van der Waals surface area contributed by atoms with Crippen molar-refractivity contribution in [1.29, 1.82) is 0 Å². The summed E-state index contributed by atoms with van der Waals surface area (Å²) in [4.78, 5) is 12.3. The Labute approximate surface area is 213 Å². The Kier molecular flexibility index (Phi) is 7.81. The molecule has 190 valence electrons. The molecule has 1 heterocycles. The quantitative estimate of drug-likeness (QED) is 0.440. The van der Waals surface area contributed by atoms with Gasteiger partial charge >= 0.3 is 0 Å². The molecule has 7 heteroatoms. The van der Waals surface area contributed by atoms with Gasteiger partial charge in [0, 0.05) is 13.2 Å². The maximum atomic E-state index is 13.3. The van der Waals surface area contributed by atoms with Crippen LogP contribution >= 0.6 is 0 Å². The zero-order valence-corrected chi connectivity index (χ0v) is 21.4. The van der Waals surface area contributed by atoms with Gasteiger partial charge in [-0.15, -0.1) is 0 Å². The summed E-state index contributed by atoms with van der Waals surface area (Å²) in [5, 5.41) is 10.0. The summed E-state index contributed by atoms with van der Waals surface area (Å²) in [6.07, 6.45) is 3.59. The summed E-state index contributed by atoms with van der Waals surface area (Å²) < 4.78 is 30.3. The van der Waals surface area contributed by atoms with Gasteiger partial charge in [-0.25, -0.2) is 8.42 Å². The van der Waals surface area contributed by atoms with Gasteiger partial charge in [0.15, 0.2) is 14.6 Å². The average Bonchev–Trinajstić information content (AvgIpc) is 2.89. The fraction of sp³-hybridized carbons (Fsp3) is 0.345. The fourth-order valence-electron chi connectivity index (χ4n) is 4.86. The first kappa shape index (κ1) is 25.9. The van der Waals surface area contributed by atoms with Gasteiger partial charge < -0.3 is 15.6 Å². The van der Waals surface area contributed by atoms with Crippen LogP contribution in [0.4, 0.5) is 0 Å². The van der Waals surface area contributed by atoms with E-state index in [-0.39, 0.29) is 36.7 Å². The lowest BCUT2D eigenvalue weighted by molar-refractivity contribution is -0.122. The van der Waals surface area contributed by atoms with E-state index < -0.39 is 20.5 Å². The minimum absolute atomic E-state index is 0.0772. The number of phenolic OH excluding ortho intramolecular Hbond substituents is 1. The molecular weight excluding hydrogens is 474 g/mol. The number of aromatic hydroxyl groups is 1. The van der Waals surface area contributed by atoms with Gasteiger partial charge in [-0.05, 0) is 90.6 Å². The Morgan fingerprint density at radius 2 is 1.58 bits per heavy atom. The molecule has 0 radical (unpaired) electrons. The van der Waals surface area contributed by atoms with Gasteiger partial charge in [-0.1, -0.05) is 49.4 Å². The Morgan fingerprint density at radius 1 is 0.917 bits per heavy atom. The van der Waals surface area contributed by atoms with Crippen LogP contribution in [0, 0.1) is 0 Å². The second-order valence-corrected chi connectivity index (χ2v) is 11.7. The van der Waals surface area contributed by atoms with E-state index >= 15 is 0 Å². The third-order valence-electron chi connectivity index (χ3n) is 7.07. The summed E-state index contributed by atoms with van der Waals surface area (Å²) >= 11 is 0. The van der Waals surface area contributed by atoms with Crippen LogP contribution in [0.15, 0.2) is 71.6 Å². The lowest BCUT2D eigenvalue weighted by Gasteiger charge is -2.33. The highest BCUT2D eigenvalue weighted by Crippen LogP contribution is 2.35.